The summed E-state index contributed by atoms with van der Waals surface area (Å²) in [7, 11) is -3.23. The fraction of sp³-hybridized carbons (Fsp3) is 0.727. The van der Waals surface area contributed by atoms with Gasteiger partial charge in [0.25, 0.3) is 0 Å². The van der Waals surface area contributed by atoms with Crippen molar-refractivity contribution in [2.24, 2.45) is 0 Å². The largest absolute Gasteiger partial charge is 0.347 e. The maximum Gasteiger partial charge on any atom is 0.212 e. The van der Waals surface area contributed by atoms with E-state index in [1.54, 1.807) is 19.3 Å². The van der Waals surface area contributed by atoms with Gasteiger partial charge in [-0.15, -0.1) is 0 Å². The number of nitrogens with one attached hydrogen (secondary N) is 3. The van der Waals surface area contributed by atoms with Crippen LogP contribution >= 0.6 is 0 Å². The summed E-state index contributed by atoms with van der Waals surface area (Å²) in [5.74, 6) is 0.785. The zero-order valence-electron chi connectivity index (χ0n) is 10.5. The van der Waals surface area contributed by atoms with Crippen molar-refractivity contribution in [2.45, 2.75) is 38.3 Å². The number of hydrogen-bond acceptors (Lipinski definition) is 4. The molecular formula is C11H20N4O2S. The molecule has 1 saturated carbocycles. The monoisotopic (exact) mass is 272 g/mol. The molecule has 6 nitrogen and oxygen atoms in total. The average Bonchev–Trinajstić information content (AvgIpc) is 2.95. The highest BCUT2D eigenvalue weighted by atomic mass is 32.2. The predicted octanol–water partition coefficient (Wildman–Crippen LogP) is 0.532. The number of aromatic nitrogens is 2. The van der Waals surface area contributed by atoms with Crippen molar-refractivity contribution in [2.75, 3.05) is 12.3 Å². The maximum atomic E-state index is 11.8. The standard InChI is InChI=1S/C11H20N4O2S/c1-9(11-13-6-7-14-11)15-18(16,17)8-2-5-12-10-3-4-10/h6-7,9-10,12,15H,2-5,8H2,1H3,(H,13,14). The van der Waals surface area contributed by atoms with E-state index in [0.29, 0.717) is 18.3 Å². The number of H-pyrrole nitrogens is 1. The molecule has 18 heavy (non-hydrogen) atoms. The van der Waals surface area contributed by atoms with Crippen molar-refractivity contribution in [1.29, 1.82) is 0 Å². The lowest BCUT2D eigenvalue weighted by atomic mass is 10.3. The van der Waals surface area contributed by atoms with Crippen LogP contribution in [0.4, 0.5) is 0 Å². The van der Waals surface area contributed by atoms with Crippen molar-refractivity contribution in [3.05, 3.63) is 18.2 Å². The fourth-order valence-electron chi connectivity index (χ4n) is 1.75. The van der Waals surface area contributed by atoms with E-state index in [1.165, 1.54) is 12.8 Å². The van der Waals surface area contributed by atoms with Crippen LogP contribution in [-0.2, 0) is 10.0 Å². The topological polar surface area (TPSA) is 86.9 Å². The first kappa shape index (κ1) is 13.5. The summed E-state index contributed by atoms with van der Waals surface area (Å²) < 4.78 is 26.2. The van der Waals surface area contributed by atoms with Crippen LogP contribution in [0, 0.1) is 0 Å². The molecule has 1 aliphatic carbocycles. The molecular weight excluding hydrogens is 252 g/mol. The van der Waals surface area contributed by atoms with Crippen molar-refractivity contribution >= 4 is 10.0 Å². The molecule has 1 aromatic rings. The van der Waals surface area contributed by atoms with Crippen LogP contribution < -0.4 is 10.0 Å². The second kappa shape index (κ2) is 5.81. The highest BCUT2D eigenvalue weighted by Crippen LogP contribution is 2.18. The zero-order valence-corrected chi connectivity index (χ0v) is 11.3. The Hall–Kier alpha value is -0.920. The molecule has 102 valence electrons. The van der Waals surface area contributed by atoms with E-state index in [4.69, 9.17) is 0 Å². The highest BCUT2D eigenvalue weighted by Gasteiger charge is 2.21. The third-order valence-electron chi connectivity index (χ3n) is 2.89. The first-order valence-corrected chi connectivity index (χ1v) is 7.95. The van der Waals surface area contributed by atoms with Crippen molar-refractivity contribution in [3.8, 4) is 0 Å². The van der Waals surface area contributed by atoms with Gasteiger partial charge in [0, 0.05) is 18.4 Å². The molecule has 1 aromatic heterocycles. The molecule has 7 heteroatoms. The van der Waals surface area contributed by atoms with E-state index in [2.05, 4.69) is 20.0 Å². The van der Waals surface area contributed by atoms with Gasteiger partial charge in [-0.25, -0.2) is 18.1 Å². The second-order valence-electron chi connectivity index (χ2n) is 4.71. The van der Waals surface area contributed by atoms with E-state index in [1.807, 2.05) is 0 Å². The van der Waals surface area contributed by atoms with Gasteiger partial charge in [0.1, 0.15) is 5.82 Å². The first-order chi connectivity index (χ1) is 8.57. The van der Waals surface area contributed by atoms with Gasteiger partial charge in [-0.1, -0.05) is 0 Å². The number of nitrogens with zero attached hydrogens (tertiary/aromatic N) is 1. The lowest BCUT2D eigenvalue weighted by Gasteiger charge is -2.12. The fourth-order valence-corrected chi connectivity index (χ4v) is 3.05. The molecule has 1 atom stereocenters. The number of sulfonamides is 1. The Labute approximate surface area is 108 Å². The highest BCUT2D eigenvalue weighted by molar-refractivity contribution is 7.89. The number of rotatable bonds is 8. The number of hydrogen-bond donors (Lipinski definition) is 3. The summed E-state index contributed by atoms with van der Waals surface area (Å²) in [4.78, 5) is 6.93. The van der Waals surface area contributed by atoms with Crippen LogP contribution in [0.15, 0.2) is 12.4 Å². The third kappa shape index (κ3) is 4.40. The Morgan fingerprint density at radius 3 is 2.94 bits per heavy atom. The average molecular weight is 272 g/mol. The molecule has 0 radical (unpaired) electrons. The molecule has 1 aliphatic rings. The minimum Gasteiger partial charge on any atom is -0.347 e. The minimum atomic E-state index is -3.23. The van der Waals surface area contributed by atoms with Crippen molar-refractivity contribution < 1.29 is 8.42 Å². The lowest BCUT2D eigenvalue weighted by molar-refractivity contribution is 0.555. The molecule has 0 saturated heterocycles. The van der Waals surface area contributed by atoms with Crippen LogP contribution in [0.1, 0.15) is 38.1 Å². The molecule has 2 rings (SSSR count). The third-order valence-corrected chi connectivity index (χ3v) is 4.42. The normalized spacial score (nSPS) is 17.8. The number of imidazole rings is 1. The SMILES string of the molecule is CC(NS(=O)(=O)CCCNC1CC1)c1ncc[nH]1. The van der Waals surface area contributed by atoms with Gasteiger partial charge in [0.15, 0.2) is 0 Å². The number of aromatic amines is 1. The predicted molar refractivity (Wildman–Crippen MR) is 69.6 cm³/mol. The Kier molecular flexibility index (Phi) is 4.36. The summed E-state index contributed by atoms with van der Waals surface area (Å²) in [5, 5.41) is 3.30. The van der Waals surface area contributed by atoms with Crippen LogP contribution in [0.25, 0.3) is 0 Å². The molecule has 1 fully saturated rings. The van der Waals surface area contributed by atoms with Gasteiger partial charge >= 0.3 is 0 Å². The van der Waals surface area contributed by atoms with Crippen LogP contribution in [0.3, 0.4) is 0 Å². The van der Waals surface area contributed by atoms with E-state index in [0.717, 1.165) is 6.54 Å². The van der Waals surface area contributed by atoms with Gasteiger partial charge in [-0.3, -0.25) is 0 Å². The van der Waals surface area contributed by atoms with E-state index in [9.17, 15) is 8.42 Å². The molecule has 0 aromatic carbocycles. The van der Waals surface area contributed by atoms with E-state index in [-0.39, 0.29) is 11.8 Å². The molecule has 3 N–H and O–H groups in total. The van der Waals surface area contributed by atoms with Crippen molar-refractivity contribution in [1.82, 2.24) is 20.0 Å². The van der Waals surface area contributed by atoms with Crippen molar-refractivity contribution in [3.63, 3.8) is 0 Å². The van der Waals surface area contributed by atoms with Crippen LogP contribution in [-0.4, -0.2) is 36.7 Å². The molecule has 0 spiro atoms. The summed E-state index contributed by atoms with van der Waals surface area (Å²) in [6.45, 7) is 2.54. The lowest BCUT2D eigenvalue weighted by Crippen LogP contribution is -2.31. The molecule has 1 unspecified atom stereocenters. The van der Waals surface area contributed by atoms with Gasteiger partial charge in [0.05, 0.1) is 11.8 Å². The van der Waals surface area contributed by atoms with Crippen LogP contribution in [0.2, 0.25) is 0 Å². The summed E-state index contributed by atoms with van der Waals surface area (Å²) in [5.41, 5.74) is 0. The van der Waals surface area contributed by atoms with Gasteiger partial charge in [0.2, 0.25) is 10.0 Å². The molecule has 0 aliphatic heterocycles. The van der Waals surface area contributed by atoms with E-state index < -0.39 is 10.0 Å². The van der Waals surface area contributed by atoms with E-state index >= 15 is 0 Å². The minimum absolute atomic E-state index is 0.151. The van der Waals surface area contributed by atoms with Gasteiger partial charge in [-0.2, -0.15) is 0 Å². The summed E-state index contributed by atoms with van der Waals surface area (Å²) in [6, 6.07) is 0.309. The summed E-state index contributed by atoms with van der Waals surface area (Å²) >= 11 is 0. The second-order valence-corrected chi connectivity index (χ2v) is 6.59. The summed E-state index contributed by atoms with van der Waals surface area (Å²) in [6.07, 6.45) is 6.37. The Morgan fingerprint density at radius 1 is 1.56 bits per heavy atom. The Bertz CT molecular complexity index is 453. The molecule has 0 bridgehead atoms. The van der Waals surface area contributed by atoms with Gasteiger partial charge in [-0.05, 0) is 32.7 Å². The maximum absolute atomic E-state index is 11.8. The quantitative estimate of drug-likeness (QED) is 0.603. The first-order valence-electron chi connectivity index (χ1n) is 6.29. The zero-order chi connectivity index (χ0) is 13.0. The Morgan fingerprint density at radius 2 is 2.33 bits per heavy atom. The van der Waals surface area contributed by atoms with Crippen LogP contribution in [0.5, 0.6) is 0 Å². The molecule has 1 heterocycles. The Balaban J connectivity index is 1.72. The van der Waals surface area contributed by atoms with Gasteiger partial charge < -0.3 is 10.3 Å². The smallest absolute Gasteiger partial charge is 0.212 e. The molecule has 0 amide bonds.